The molecule has 1 aliphatic heterocycles. The molecule has 0 aromatic heterocycles. The summed E-state index contributed by atoms with van der Waals surface area (Å²) in [6.45, 7) is 2.03. The Labute approximate surface area is 201 Å². The number of rotatable bonds is 6. The first-order chi connectivity index (χ1) is 16.7. The molecule has 1 fully saturated rings. The standard InChI is InChI=1S/C24H23N3O7S/c1-2-34-24(29)20-13-19(14-21(15-20)27(30)31)23(28)25-9-11-26(12-10-25)35(32,33)22-8-7-17-5-3-4-6-18(17)16-22/h3-8,13-16H,2,9-12H2,1H3. The van der Waals surface area contributed by atoms with Crippen LogP contribution in [0.1, 0.15) is 27.6 Å². The quantitative estimate of drug-likeness (QED) is 0.291. The van der Waals surface area contributed by atoms with Crippen molar-refractivity contribution in [1.29, 1.82) is 0 Å². The minimum atomic E-state index is -3.76. The van der Waals surface area contributed by atoms with Crippen LogP contribution < -0.4 is 0 Å². The van der Waals surface area contributed by atoms with Gasteiger partial charge < -0.3 is 9.64 Å². The second-order valence-electron chi connectivity index (χ2n) is 7.95. The van der Waals surface area contributed by atoms with E-state index < -0.39 is 32.5 Å². The highest BCUT2D eigenvalue weighted by Crippen LogP contribution is 2.24. The summed E-state index contributed by atoms with van der Waals surface area (Å²) < 4.78 is 32.6. The van der Waals surface area contributed by atoms with Crippen LogP contribution in [0.4, 0.5) is 5.69 Å². The zero-order chi connectivity index (χ0) is 25.2. The van der Waals surface area contributed by atoms with Gasteiger partial charge in [0.25, 0.3) is 11.6 Å². The SMILES string of the molecule is CCOC(=O)c1cc(C(=O)N2CCN(S(=O)(=O)c3ccc4ccccc4c3)CC2)cc([N+](=O)[O-])c1. The molecule has 11 heteroatoms. The van der Waals surface area contributed by atoms with Crippen LogP contribution in [0.3, 0.4) is 0 Å². The number of fused-ring (bicyclic) bond motifs is 1. The van der Waals surface area contributed by atoms with E-state index >= 15 is 0 Å². The van der Waals surface area contributed by atoms with Crippen LogP contribution in [0.25, 0.3) is 10.8 Å². The molecule has 1 amide bonds. The van der Waals surface area contributed by atoms with Crippen LogP contribution in [0.15, 0.2) is 65.6 Å². The molecule has 1 saturated heterocycles. The van der Waals surface area contributed by atoms with Crippen molar-refractivity contribution in [2.45, 2.75) is 11.8 Å². The monoisotopic (exact) mass is 497 g/mol. The molecule has 0 N–H and O–H groups in total. The number of ether oxygens (including phenoxy) is 1. The van der Waals surface area contributed by atoms with Gasteiger partial charge in [-0.1, -0.05) is 30.3 Å². The summed E-state index contributed by atoms with van der Waals surface area (Å²) in [7, 11) is -3.76. The van der Waals surface area contributed by atoms with Gasteiger partial charge in [0.15, 0.2) is 0 Å². The van der Waals surface area contributed by atoms with Crippen molar-refractivity contribution >= 4 is 38.4 Å². The summed E-state index contributed by atoms with van der Waals surface area (Å²) in [5, 5.41) is 13.1. The Hall–Kier alpha value is -3.83. The van der Waals surface area contributed by atoms with Gasteiger partial charge in [-0.15, -0.1) is 0 Å². The Bertz CT molecular complexity index is 1410. The third-order valence-corrected chi connectivity index (χ3v) is 7.67. The molecule has 0 spiro atoms. The van der Waals surface area contributed by atoms with Gasteiger partial charge in [-0.25, -0.2) is 13.2 Å². The zero-order valence-corrected chi connectivity index (χ0v) is 19.7. The normalized spacial score (nSPS) is 14.6. The summed E-state index contributed by atoms with van der Waals surface area (Å²) in [6, 6.07) is 15.8. The lowest BCUT2D eigenvalue weighted by Gasteiger charge is -2.34. The number of non-ortho nitro benzene ring substituents is 1. The van der Waals surface area contributed by atoms with E-state index in [0.717, 1.165) is 22.9 Å². The second-order valence-corrected chi connectivity index (χ2v) is 9.89. The number of sulfonamides is 1. The molecule has 1 aliphatic rings. The van der Waals surface area contributed by atoms with Gasteiger partial charge in [0.2, 0.25) is 10.0 Å². The van der Waals surface area contributed by atoms with E-state index in [9.17, 15) is 28.1 Å². The number of piperazine rings is 1. The Morgan fingerprint density at radius 1 is 0.943 bits per heavy atom. The number of nitrogens with zero attached hydrogens (tertiary/aromatic N) is 3. The van der Waals surface area contributed by atoms with Gasteiger partial charge in [-0.05, 0) is 35.9 Å². The molecule has 0 bridgehead atoms. The Balaban J connectivity index is 1.51. The van der Waals surface area contributed by atoms with Gasteiger partial charge in [0, 0.05) is 43.9 Å². The number of hydrogen-bond acceptors (Lipinski definition) is 7. The van der Waals surface area contributed by atoms with Crippen molar-refractivity contribution in [2.75, 3.05) is 32.8 Å². The maximum Gasteiger partial charge on any atom is 0.338 e. The predicted octanol–water partition coefficient (Wildman–Crippen LogP) is 3.07. The first kappa shape index (κ1) is 24.3. The molecule has 0 unspecified atom stereocenters. The molecule has 0 radical (unpaired) electrons. The molecule has 0 saturated carbocycles. The smallest absolute Gasteiger partial charge is 0.338 e. The van der Waals surface area contributed by atoms with E-state index in [2.05, 4.69) is 0 Å². The van der Waals surface area contributed by atoms with Crippen molar-refractivity contribution in [1.82, 2.24) is 9.21 Å². The Morgan fingerprint density at radius 3 is 2.26 bits per heavy atom. The van der Waals surface area contributed by atoms with Gasteiger partial charge in [0.1, 0.15) is 0 Å². The Morgan fingerprint density at radius 2 is 1.60 bits per heavy atom. The largest absolute Gasteiger partial charge is 0.462 e. The molecule has 10 nitrogen and oxygen atoms in total. The molecule has 3 aromatic carbocycles. The fraction of sp³-hybridized carbons (Fsp3) is 0.250. The Kier molecular flexibility index (Phi) is 6.81. The number of benzene rings is 3. The number of amides is 1. The summed E-state index contributed by atoms with van der Waals surface area (Å²) in [5.74, 6) is -1.29. The van der Waals surface area contributed by atoms with Crippen LogP contribution >= 0.6 is 0 Å². The summed E-state index contributed by atoms with van der Waals surface area (Å²) >= 11 is 0. The fourth-order valence-electron chi connectivity index (χ4n) is 3.96. The summed E-state index contributed by atoms with van der Waals surface area (Å²) in [6.07, 6.45) is 0. The van der Waals surface area contributed by atoms with Crippen molar-refractivity contribution in [3.05, 3.63) is 81.9 Å². The lowest BCUT2D eigenvalue weighted by Crippen LogP contribution is -2.50. The van der Waals surface area contributed by atoms with E-state index in [1.165, 1.54) is 15.3 Å². The van der Waals surface area contributed by atoms with Crippen molar-refractivity contribution in [2.24, 2.45) is 0 Å². The molecular formula is C24H23N3O7S. The van der Waals surface area contributed by atoms with E-state index in [1.807, 2.05) is 24.3 Å². The highest BCUT2D eigenvalue weighted by atomic mass is 32.2. The first-order valence-electron chi connectivity index (χ1n) is 11.0. The topological polar surface area (TPSA) is 127 Å². The van der Waals surface area contributed by atoms with Crippen LogP contribution in [-0.4, -0.2) is 67.2 Å². The summed E-state index contributed by atoms with van der Waals surface area (Å²) in [5.41, 5.74) is -0.536. The number of nitro benzene ring substituents is 1. The van der Waals surface area contributed by atoms with Crippen molar-refractivity contribution in [3.8, 4) is 0 Å². The van der Waals surface area contributed by atoms with Gasteiger partial charge in [-0.2, -0.15) is 4.31 Å². The average Bonchev–Trinajstić information content (AvgIpc) is 2.87. The predicted molar refractivity (Wildman–Crippen MR) is 128 cm³/mol. The molecule has 1 heterocycles. The minimum absolute atomic E-state index is 0.0342. The molecule has 0 atom stereocenters. The highest BCUT2D eigenvalue weighted by Gasteiger charge is 2.31. The molecule has 4 rings (SSSR count). The molecule has 182 valence electrons. The van der Waals surface area contributed by atoms with E-state index in [-0.39, 0.29) is 48.8 Å². The number of esters is 1. The van der Waals surface area contributed by atoms with Crippen LogP contribution in [0.5, 0.6) is 0 Å². The lowest BCUT2D eigenvalue weighted by atomic mass is 10.1. The van der Waals surface area contributed by atoms with Gasteiger partial charge in [-0.3, -0.25) is 14.9 Å². The minimum Gasteiger partial charge on any atom is -0.462 e. The average molecular weight is 498 g/mol. The molecule has 0 aliphatic carbocycles. The number of carbonyl (C=O) groups is 2. The third-order valence-electron chi connectivity index (χ3n) is 5.77. The maximum absolute atomic E-state index is 13.2. The van der Waals surface area contributed by atoms with E-state index in [4.69, 9.17) is 4.74 Å². The number of carbonyl (C=O) groups excluding carboxylic acids is 2. The number of nitro groups is 1. The van der Waals surface area contributed by atoms with Gasteiger partial charge in [0.05, 0.1) is 22.0 Å². The molecule has 35 heavy (non-hydrogen) atoms. The van der Waals surface area contributed by atoms with Crippen LogP contribution in [-0.2, 0) is 14.8 Å². The van der Waals surface area contributed by atoms with Crippen molar-refractivity contribution in [3.63, 3.8) is 0 Å². The summed E-state index contributed by atoms with van der Waals surface area (Å²) in [4.78, 5) is 37.4. The molecular weight excluding hydrogens is 474 g/mol. The lowest BCUT2D eigenvalue weighted by molar-refractivity contribution is -0.384. The molecule has 3 aromatic rings. The van der Waals surface area contributed by atoms with Crippen LogP contribution in [0.2, 0.25) is 0 Å². The second kappa shape index (κ2) is 9.80. The third kappa shape index (κ3) is 5.00. The van der Waals surface area contributed by atoms with Crippen LogP contribution in [0, 0.1) is 10.1 Å². The highest BCUT2D eigenvalue weighted by molar-refractivity contribution is 7.89. The first-order valence-corrected chi connectivity index (χ1v) is 12.4. The van der Waals surface area contributed by atoms with Gasteiger partial charge >= 0.3 is 5.97 Å². The van der Waals surface area contributed by atoms with Crippen molar-refractivity contribution < 1.29 is 27.7 Å². The zero-order valence-electron chi connectivity index (χ0n) is 18.9. The fourth-order valence-corrected chi connectivity index (χ4v) is 5.42. The van der Waals surface area contributed by atoms with E-state index in [1.54, 1.807) is 25.1 Å². The maximum atomic E-state index is 13.2. The number of hydrogen-bond donors (Lipinski definition) is 0. The van der Waals surface area contributed by atoms with E-state index in [0.29, 0.717) is 0 Å².